The van der Waals surface area contributed by atoms with Crippen molar-refractivity contribution in [1.29, 1.82) is 0 Å². The van der Waals surface area contributed by atoms with Crippen LogP contribution >= 0.6 is 11.6 Å². The lowest BCUT2D eigenvalue weighted by Crippen LogP contribution is -2.30. The zero-order chi connectivity index (χ0) is 12.3. The molecular weight excluding hydrogens is 245 g/mol. The largest absolute Gasteiger partial charge is 0.414 e. The van der Waals surface area contributed by atoms with E-state index in [-0.39, 0.29) is 10.6 Å². The van der Waals surface area contributed by atoms with Gasteiger partial charge in [0.2, 0.25) is 0 Å². The number of carbonyl (C=O) groups is 1. The molecule has 6 heteroatoms. The van der Waals surface area contributed by atoms with E-state index in [2.05, 4.69) is 0 Å². The molecule has 0 bridgehead atoms. The Morgan fingerprint density at radius 3 is 2.56 bits per heavy atom. The van der Waals surface area contributed by atoms with Gasteiger partial charge in [0.1, 0.15) is 0 Å². The molecule has 0 amide bonds. The highest BCUT2D eigenvalue weighted by Gasteiger charge is 2.39. The van der Waals surface area contributed by atoms with E-state index in [1.54, 1.807) is 0 Å². The van der Waals surface area contributed by atoms with Crippen LogP contribution in [0.15, 0.2) is 24.3 Å². The normalized spacial score (nSPS) is 13.6. The molecule has 0 radical (unpaired) electrons. The van der Waals surface area contributed by atoms with Gasteiger partial charge in [-0.1, -0.05) is 23.7 Å². The number of alkyl halides is 3. The number of hydrogen-bond acceptors (Lipinski definition) is 2. The van der Waals surface area contributed by atoms with Crippen LogP contribution in [0.2, 0.25) is 5.02 Å². The van der Waals surface area contributed by atoms with E-state index >= 15 is 0 Å². The van der Waals surface area contributed by atoms with Crippen molar-refractivity contribution in [2.24, 2.45) is 0 Å². The Hall–Kier alpha value is -1.07. The fourth-order valence-electron chi connectivity index (χ4n) is 1.07. The van der Waals surface area contributed by atoms with Crippen LogP contribution in [0.4, 0.5) is 13.2 Å². The first-order chi connectivity index (χ1) is 7.30. The molecule has 0 spiro atoms. The van der Waals surface area contributed by atoms with Crippen molar-refractivity contribution in [3.63, 3.8) is 0 Å². The second-order valence-corrected chi connectivity index (χ2v) is 3.63. The number of aliphatic hydroxyl groups excluding tert-OH is 1. The molecule has 0 heterocycles. The lowest BCUT2D eigenvalue weighted by atomic mass is 10.1. The summed E-state index contributed by atoms with van der Waals surface area (Å²) >= 11 is 5.58. The van der Waals surface area contributed by atoms with Crippen LogP contribution in [0.3, 0.4) is 0 Å². The van der Waals surface area contributed by atoms with Gasteiger partial charge < -0.3 is 5.11 Å². The fourth-order valence-corrected chi connectivity index (χ4v) is 1.26. The molecular formula is C10H8ClF3O2. The number of benzene rings is 1. The maximum atomic E-state index is 12.0. The van der Waals surface area contributed by atoms with Crippen molar-refractivity contribution in [1.82, 2.24) is 0 Å². The Morgan fingerprint density at radius 2 is 2.06 bits per heavy atom. The number of aliphatic hydroxyl groups is 1. The minimum atomic E-state index is -4.78. The minimum Gasteiger partial charge on any atom is -0.383 e. The van der Waals surface area contributed by atoms with Gasteiger partial charge in [-0.05, 0) is 12.1 Å². The first-order valence-corrected chi connectivity index (χ1v) is 4.72. The predicted molar refractivity (Wildman–Crippen MR) is 52.5 cm³/mol. The van der Waals surface area contributed by atoms with Gasteiger partial charge in [0.05, 0.1) is 0 Å². The summed E-state index contributed by atoms with van der Waals surface area (Å²) in [7, 11) is 0. The molecule has 1 rings (SSSR count). The number of rotatable bonds is 3. The molecule has 0 unspecified atom stereocenters. The van der Waals surface area contributed by atoms with Crippen LogP contribution in [0.5, 0.6) is 0 Å². The van der Waals surface area contributed by atoms with Crippen LogP contribution in [0.1, 0.15) is 16.8 Å². The second-order valence-electron chi connectivity index (χ2n) is 3.20. The molecule has 0 aliphatic heterocycles. The van der Waals surface area contributed by atoms with E-state index in [4.69, 9.17) is 16.7 Å². The van der Waals surface area contributed by atoms with Gasteiger partial charge in [-0.25, -0.2) is 0 Å². The van der Waals surface area contributed by atoms with E-state index < -0.39 is 24.5 Å². The molecule has 0 aliphatic carbocycles. The third kappa shape index (κ3) is 3.50. The number of halogens is 4. The molecule has 16 heavy (non-hydrogen) atoms. The number of Topliss-reactive ketones (excluding diaryl/α,β-unsaturated/α-hetero) is 1. The Kier molecular flexibility index (Phi) is 3.93. The van der Waals surface area contributed by atoms with Gasteiger partial charge >= 0.3 is 6.18 Å². The van der Waals surface area contributed by atoms with Crippen molar-refractivity contribution in [3.8, 4) is 0 Å². The Balaban J connectivity index is 2.74. The maximum Gasteiger partial charge on any atom is 0.414 e. The van der Waals surface area contributed by atoms with Crippen molar-refractivity contribution in [3.05, 3.63) is 34.9 Å². The Bertz CT molecular complexity index is 390. The number of ketones is 1. The summed E-state index contributed by atoms with van der Waals surface area (Å²) in [5, 5.41) is 8.96. The summed E-state index contributed by atoms with van der Waals surface area (Å²) in [6, 6.07) is 5.55. The van der Waals surface area contributed by atoms with Crippen LogP contribution in [0, 0.1) is 0 Å². The van der Waals surface area contributed by atoms with Gasteiger partial charge in [-0.3, -0.25) is 4.79 Å². The van der Waals surface area contributed by atoms with Crippen LogP contribution in [-0.2, 0) is 0 Å². The highest BCUT2D eigenvalue weighted by molar-refractivity contribution is 6.31. The first-order valence-electron chi connectivity index (χ1n) is 4.34. The average molecular weight is 253 g/mol. The van der Waals surface area contributed by atoms with Gasteiger partial charge in [0.25, 0.3) is 0 Å². The smallest absolute Gasteiger partial charge is 0.383 e. The molecule has 1 atom stereocenters. The van der Waals surface area contributed by atoms with E-state index in [1.165, 1.54) is 24.3 Å². The van der Waals surface area contributed by atoms with E-state index in [0.29, 0.717) is 0 Å². The van der Waals surface area contributed by atoms with Crippen LogP contribution in [-0.4, -0.2) is 23.2 Å². The van der Waals surface area contributed by atoms with Gasteiger partial charge in [-0.15, -0.1) is 0 Å². The van der Waals surface area contributed by atoms with Crippen LogP contribution in [0.25, 0.3) is 0 Å². The lowest BCUT2D eigenvalue weighted by molar-refractivity contribution is -0.202. The number of carbonyl (C=O) groups excluding carboxylic acids is 1. The quantitative estimate of drug-likeness (QED) is 0.840. The van der Waals surface area contributed by atoms with Crippen molar-refractivity contribution in [2.45, 2.75) is 18.7 Å². The standard InChI is InChI=1S/C10H8ClF3O2/c11-7-3-1-2-6(4-7)8(15)5-9(16)10(12,13)14/h1-4,9,16H,5H2/t9-/m1/s1. The molecule has 0 saturated carbocycles. The van der Waals surface area contributed by atoms with E-state index in [0.717, 1.165) is 0 Å². The Labute approximate surface area is 94.6 Å². The molecule has 1 N–H and O–H groups in total. The molecule has 1 aromatic rings. The highest BCUT2D eigenvalue weighted by atomic mass is 35.5. The summed E-state index contributed by atoms with van der Waals surface area (Å²) in [6.45, 7) is 0. The van der Waals surface area contributed by atoms with Gasteiger partial charge in [0.15, 0.2) is 11.9 Å². The first kappa shape index (κ1) is 13.0. The SMILES string of the molecule is O=C(C[C@@H](O)C(F)(F)F)c1cccc(Cl)c1. The topological polar surface area (TPSA) is 37.3 Å². The summed E-state index contributed by atoms with van der Waals surface area (Å²) < 4.78 is 35.9. The zero-order valence-electron chi connectivity index (χ0n) is 7.96. The van der Waals surface area contributed by atoms with Gasteiger partial charge in [-0.2, -0.15) is 13.2 Å². The molecule has 1 aromatic carbocycles. The monoisotopic (exact) mass is 252 g/mol. The second kappa shape index (κ2) is 4.84. The molecule has 0 aliphatic rings. The fraction of sp³-hybridized carbons (Fsp3) is 0.300. The Morgan fingerprint density at radius 1 is 1.44 bits per heavy atom. The minimum absolute atomic E-state index is 0.0517. The summed E-state index contributed by atoms with van der Waals surface area (Å²) in [5.74, 6) is -0.799. The highest BCUT2D eigenvalue weighted by Crippen LogP contribution is 2.24. The molecule has 0 fully saturated rings. The van der Waals surface area contributed by atoms with Crippen molar-refractivity contribution < 1.29 is 23.1 Å². The van der Waals surface area contributed by atoms with Gasteiger partial charge in [0, 0.05) is 17.0 Å². The van der Waals surface area contributed by atoms with Crippen molar-refractivity contribution >= 4 is 17.4 Å². The molecule has 0 saturated heterocycles. The van der Waals surface area contributed by atoms with E-state index in [1.807, 2.05) is 0 Å². The van der Waals surface area contributed by atoms with Crippen LogP contribution < -0.4 is 0 Å². The number of hydrogen-bond donors (Lipinski definition) is 1. The summed E-state index contributed by atoms with van der Waals surface area (Å²) in [6.07, 6.45) is -8.42. The van der Waals surface area contributed by atoms with E-state index in [9.17, 15) is 18.0 Å². The summed E-state index contributed by atoms with van der Waals surface area (Å²) in [4.78, 5) is 11.3. The maximum absolute atomic E-state index is 12.0. The molecule has 88 valence electrons. The third-order valence-electron chi connectivity index (χ3n) is 1.90. The third-order valence-corrected chi connectivity index (χ3v) is 2.14. The summed E-state index contributed by atoms with van der Waals surface area (Å²) in [5.41, 5.74) is 0.0517. The average Bonchev–Trinajstić information content (AvgIpc) is 2.16. The zero-order valence-corrected chi connectivity index (χ0v) is 8.72. The lowest BCUT2D eigenvalue weighted by Gasteiger charge is -2.13. The molecule has 2 nitrogen and oxygen atoms in total. The predicted octanol–water partition coefficient (Wildman–Crippen LogP) is 2.84. The van der Waals surface area contributed by atoms with Crippen molar-refractivity contribution in [2.75, 3.05) is 0 Å². The molecule has 0 aromatic heterocycles.